The Labute approximate surface area is 153 Å². The van der Waals surface area contributed by atoms with E-state index in [4.69, 9.17) is 14.2 Å². The van der Waals surface area contributed by atoms with E-state index in [1.54, 1.807) is 48.5 Å². The zero-order valence-corrected chi connectivity index (χ0v) is 16.3. The van der Waals surface area contributed by atoms with E-state index in [0.29, 0.717) is 4.90 Å². The van der Waals surface area contributed by atoms with E-state index in [0.717, 1.165) is 0 Å². The highest BCUT2D eigenvalue weighted by Crippen LogP contribution is 2.22. The molecule has 1 rings (SSSR count). The van der Waals surface area contributed by atoms with Crippen LogP contribution in [0.15, 0.2) is 18.5 Å². The zero-order valence-electron chi connectivity index (χ0n) is 16.3. The van der Waals surface area contributed by atoms with E-state index in [9.17, 15) is 14.4 Å². The third-order valence-corrected chi connectivity index (χ3v) is 2.65. The quantitative estimate of drug-likeness (QED) is 0.590. The van der Waals surface area contributed by atoms with E-state index >= 15 is 0 Å². The minimum Gasteiger partial charge on any atom is -0.462 e. The largest absolute Gasteiger partial charge is 0.462 e. The normalized spacial score (nSPS) is 11.5. The van der Waals surface area contributed by atoms with Crippen LogP contribution in [0.25, 0.3) is 0 Å². The van der Waals surface area contributed by atoms with Crippen molar-refractivity contribution in [3.63, 3.8) is 0 Å². The lowest BCUT2D eigenvalue weighted by Crippen LogP contribution is -2.44. The zero-order chi connectivity index (χ0) is 20.1. The molecule has 0 N–H and O–H groups in total. The number of pyridine rings is 1. The van der Waals surface area contributed by atoms with Gasteiger partial charge in [-0.05, 0) is 54.5 Å². The summed E-state index contributed by atoms with van der Waals surface area (Å²) in [5.74, 6) is -0.616. The van der Waals surface area contributed by atoms with Crippen molar-refractivity contribution in [1.82, 2.24) is 4.98 Å². The molecule has 0 saturated heterocycles. The van der Waals surface area contributed by atoms with E-state index in [-0.39, 0.29) is 17.9 Å². The first-order valence-corrected chi connectivity index (χ1v) is 8.22. The molecule has 0 radical (unpaired) electrons. The van der Waals surface area contributed by atoms with Crippen LogP contribution in [0.4, 0.5) is 15.3 Å². The summed E-state index contributed by atoms with van der Waals surface area (Å²) in [5, 5.41) is 0. The number of carbonyl (C=O) groups is 3. The molecule has 0 aliphatic carbocycles. The van der Waals surface area contributed by atoms with Crippen molar-refractivity contribution in [2.45, 2.75) is 59.7 Å². The Morgan fingerprint density at radius 2 is 1.46 bits per heavy atom. The van der Waals surface area contributed by atoms with Crippen LogP contribution in [0.5, 0.6) is 0 Å². The van der Waals surface area contributed by atoms with Gasteiger partial charge in [0.2, 0.25) is 0 Å². The number of ether oxygens (including phenoxy) is 3. The average Bonchev–Trinajstić information content (AvgIpc) is 2.44. The highest BCUT2D eigenvalue weighted by molar-refractivity contribution is 6.10. The SMILES string of the molecule is CCOC(=O)c1cncc(N(C(=O)OC(C)(C)C)C(=O)OC(C)(C)C)c1. The Morgan fingerprint density at radius 1 is 0.962 bits per heavy atom. The minimum absolute atomic E-state index is 0.0408. The molecule has 26 heavy (non-hydrogen) atoms. The second-order valence-corrected chi connectivity index (χ2v) is 7.45. The molecule has 8 heteroatoms. The van der Waals surface area contributed by atoms with E-state index in [1.165, 1.54) is 18.5 Å². The van der Waals surface area contributed by atoms with Crippen LogP contribution in [0, 0.1) is 0 Å². The average molecular weight is 366 g/mol. The lowest BCUT2D eigenvalue weighted by Gasteiger charge is -2.28. The number of anilines is 1. The van der Waals surface area contributed by atoms with Crippen LogP contribution < -0.4 is 4.90 Å². The van der Waals surface area contributed by atoms with Crippen molar-refractivity contribution >= 4 is 23.8 Å². The molecule has 0 bridgehead atoms. The van der Waals surface area contributed by atoms with Gasteiger partial charge in [0, 0.05) is 6.20 Å². The molecule has 144 valence electrons. The molecule has 2 amide bonds. The molecule has 0 saturated carbocycles. The van der Waals surface area contributed by atoms with Gasteiger partial charge in [0.15, 0.2) is 0 Å². The lowest BCUT2D eigenvalue weighted by molar-refractivity contribution is 0.0426. The summed E-state index contributed by atoms with van der Waals surface area (Å²) in [4.78, 5) is 41.6. The summed E-state index contributed by atoms with van der Waals surface area (Å²) in [7, 11) is 0. The van der Waals surface area contributed by atoms with E-state index in [2.05, 4.69) is 4.98 Å². The molecular weight excluding hydrogens is 340 g/mol. The molecule has 1 aromatic heterocycles. The number of carbonyl (C=O) groups excluding carboxylic acids is 3. The maximum atomic E-state index is 12.6. The molecule has 0 aliphatic heterocycles. The van der Waals surface area contributed by atoms with Gasteiger partial charge in [0.1, 0.15) is 11.2 Å². The highest BCUT2D eigenvalue weighted by Gasteiger charge is 2.33. The van der Waals surface area contributed by atoms with Gasteiger partial charge >= 0.3 is 18.2 Å². The van der Waals surface area contributed by atoms with Crippen molar-refractivity contribution in [2.24, 2.45) is 0 Å². The number of aromatic nitrogens is 1. The molecule has 0 unspecified atom stereocenters. The van der Waals surface area contributed by atoms with Crippen LogP contribution in [0.2, 0.25) is 0 Å². The molecular formula is C18H26N2O6. The number of amides is 2. The van der Waals surface area contributed by atoms with Crippen LogP contribution >= 0.6 is 0 Å². The summed E-state index contributed by atoms with van der Waals surface area (Å²) >= 11 is 0. The van der Waals surface area contributed by atoms with Gasteiger partial charge in [-0.15, -0.1) is 0 Å². The van der Waals surface area contributed by atoms with Crippen LogP contribution in [0.1, 0.15) is 58.8 Å². The highest BCUT2D eigenvalue weighted by atomic mass is 16.6. The Balaban J connectivity index is 3.27. The lowest BCUT2D eigenvalue weighted by atomic mass is 10.2. The molecule has 0 spiro atoms. The monoisotopic (exact) mass is 366 g/mol. The van der Waals surface area contributed by atoms with Crippen molar-refractivity contribution in [1.29, 1.82) is 0 Å². The molecule has 1 aromatic rings. The fourth-order valence-corrected chi connectivity index (χ4v) is 1.78. The summed E-state index contributed by atoms with van der Waals surface area (Å²) in [6, 6.07) is 1.32. The number of esters is 1. The van der Waals surface area contributed by atoms with Crippen molar-refractivity contribution in [3.05, 3.63) is 24.0 Å². The summed E-state index contributed by atoms with van der Waals surface area (Å²) in [6.45, 7) is 11.9. The summed E-state index contributed by atoms with van der Waals surface area (Å²) in [5.41, 5.74) is -1.52. The second kappa shape index (κ2) is 8.16. The van der Waals surface area contributed by atoms with Gasteiger partial charge in [0.05, 0.1) is 24.1 Å². The maximum absolute atomic E-state index is 12.6. The first-order valence-electron chi connectivity index (χ1n) is 8.22. The van der Waals surface area contributed by atoms with Gasteiger partial charge in [-0.2, -0.15) is 4.90 Å². The molecule has 0 aromatic carbocycles. The van der Waals surface area contributed by atoms with E-state index in [1.807, 2.05) is 0 Å². The molecule has 0 fully saturated rings. The molecule has 0 aliphatic rings. The Bertz CT molecular complexity index is 645. The molecule has 8 nitrogen and oxygen atoms in total. The van der Waals surface area contributed by atoms with Crippen molar-refractivity contribution in [3.8, 4) is 0 Å². The van der Waals surface area contributed by atoms with Crippen molar-refractivity contribution < 1.29 is 28.6 Å². The smallest absolute Gasteiger partial charge is 0.424 e. The Hall–Kier alpha value is -2.64. The predicted octanol–water partition coefficient (Wildman–Crippen LogP) is 3.93. The first kappa shape index (κ1) is 21.4. The predicted molar refractivity (Wildman–Crippen MR) is 95.1 cm³/mol. The Kier molecular flexibility index (Phi) is 6.72. The maximum Gasteiger partial charge on any atom is 0.424 e. The Morgan fingerprint density at radius 3 is 1.88 bits per heavy atom. The van der Waals surface area contributed by atoms with Gasteiger partial charge in [-0.25, -0.2) is 14.4 Å². The van der Waals surface area contributed by atoms with Gasteiger partial charge in [-0.1, -0.05) is 0 Å². The minimum atomic E-state index is -0.936. The standard InChI is InChI=1S/C18H26N2O6/c1-8-24-14(21)12-9-13(11-19-10-12)20(15(22)25-17(2,3)4)16(23)26-18(5,6)7/h9-11H,8H2,1-7H3. The van der Waals surface area contributed by atoms with Crippen LogP contribution in [-0.2, 0) is 14.2 Å². The second-order valence-electron chi connectivity index (χ2n) is 7.45. The van der Waals surface area contributed by atoms with Gasteiger partial charge in [0.25, 0.3) is 0 Å². The number of imide groups is 1. The van der Waals surface area contributed by atoms with Crippen LogP contribution in [-0.4, -0.2) is 40.9 Å². The fourth-order valence-electron chi connectivity index (χ4n) is 1.78. The number of hydrogen-bond acceptors (Lipinski definition) is 7. The summed E-state index contributed by atoms with van der Waals surface area (Å²) in [6.07, 6.45) is 0.671. The van der Waals surface area contributed by atoms with Crippen molar-refractivity contribution in [2.75, 3.05) is 11.5 Å². The number of rotatable bonds is 3. The fraction of sp³-hybridized carbons (Fsp3) is 0.556. The number of hydrogen-bond donors (Lipinski definition) is 0. The van der Waals surface area contributed by atoms with Gasteiger partial charge < -0.3 is 14.2 Å². The first-order chi connectivity index (χ1) is 11.8. The third kappa shape index (κ3) is 6.70. The third-order valence-electron chi connectivity index (χ3n) is 2.65. The summed E-state index contributed by atoms with van der Waals surface area (Å²) < 4.78 is 15.5. The number of nitrogens with zero attached hydrogens (tertiary/aromatic N) is 2. The van der Waals surface area contributed by atoms with Gasteiger partial charge in [-0.3, -0.25) is 4.98 Å². The molecule has 1 heterocycles. The molecule has 0 atom stereocenters. The van der Waals surface area contributed by atoms with E-state index < -0.39 is 29.4 Å². The van der Waals surface area contributed by atoms with Crippen LogP contribution in [0.3, 0.4) is 0 Å². The topological polar surface area (TPSA) is 95.0 Å².